The highest BCUT2D eigenvalue weighted by atomic mass is 33.1. The normalized spacial score (nSPS) is 15.0. The average molecular weight is 1990 g/mol. The summed E-state index contributed by atoms with van der Waals surface area (Å²) in [6.45, 7) is 2.40. The van der Waals surface area contributed by atoms with Crippen LogP contribution in [0.2, 0.25) is 0 Å². The number of hydrogen-bond donors (Lipinski definition) is 20. The van der Waals surface area contributed by atoms with Crippen molar-refractivity contribution in [1.29, 1.82) is 0 Å². The number of carbonyl (C=O) groups is 16. The third kappa shape index (κ3) is 42.7. The van der Waals surface area contributed by atoms with Gasteiger partial charge in [0.2, 0.25) is 59.1 Å². The highest BCUT2D eigenvalue weighted by molar-refractivity contribution is 8.76. The zero-order valence-electron chi connectivity index (χ0n) is 75.7. The molecule has 52 heteroatoms. The monoisotopic (exact) mass is 1990 g/mol. The molecule has 11 amide bonds. The molecule has 47 nitrogen and oxygen atoms in total. The molecule has 748 valence electrons. The number of rotatable bonds is 63. The van der Waals surface area contributed by atoms with Gasteiger partial charge < -0.3 is 124 Å². The van der Waals surface area contributed by atoms with Gasteiger partial charge in [-0.2, -0.15) is 4.98 Å². The number of nitrogen functional groups attached to an aromatic ring is 1. The van der Waals surface area contributed by atoms with Gasteiger partial charge in [0.15, 0.2) is 16.9 Å². The summed E-state index contributed by atoms with van der Waals surface area (Å²) in [5.41, 5.74) is 7.21. The Balaban J connectivity index is 0.889. The number of carboxylic acid groups (broad SMARTS) is 3. The van der Waals surface area contributed by atoms with E-state index in [0.717, 1.165) is 59.9 Å². The van der Waals surface area contributed by atoms with E-state index >= 15 is 0 Å². The number of nitrogens with two attached hydrogens (primary N) is 1. The van der Waals surface area contributed by atoms with Crippen LogP contribution < -0.4 is 75.1 Å². The first-order chi connectivity index (χ1) is 65.6. The number of aliphatic hydroxyl groups is 3. The lowest BCUT2D eigenvalue weighted by Crippen LogP contribution is -2.56. The molecular weight excluding hydrogens is 1870 g/mol. The van der Waals surface area contributed by atoms with E-state index in [1.165, 1.54) is 34.0 Å². The summed E-state index contributed by atoms with van der Waals surface area (Å²) in [7, 11) is 3.45. The van der Waals surface area contributed by atoms with E-state index in [1.54, 1.807) is 61.5 Å². The third-order valence-corrected chi connectivity index (χ3v) is 25.3. The number of nitrogens with one attached hydrogen (secondary N) is 13. The minimum atomic E-state index is -1.74. The number of carbonyl (C=O) groups excluding carboxylic acids is 13. The maximum Gasteiger partial charge on any atom is 0.508 e. The Morgan fingerprint density at radius 2 is 1.26 bits per heavy atom. The van der Waals surface area contributed by atoms with Gasteiger partial charge in [0.05, 0.1) is 99.5 Å². The smallest absolute Gasteiger partial charge is 0.481 e. The number of aliphatic hydroxyl groups excluding tert-OH is 3. The Morgan fingerprint density at radius 1 is 0.606 bits per heavy atom. The SMILES string of the molecule is CCCC(=O)NC[C@H](O)[C@@H](O)[C@H](O)[C@H]1COB([C@H](CC(C)C)NC(=O)[C@H](Cc2ccccc2)NC(=O)c2cnc(CSSC[C@H](NC(=O)[C@H](CNC(=O)CCSSCCOC(=O)OCCOC3CCCCC3)CC(=O)CNC(=O)[C@H](CCC(=O)O)NC(=O)CNC(=O)[C@H](CCC(=O)O)NC(=O)CNC(=O)CCCNC(=O)c3ccc(NCc4cnc5nc(N)[nH]c(=O)c5n4)cc3)C(=O)O)cn2)O1. The molecule has 2 fully saturated rings. The summed E-state index contributed by atoms with van der Waals surface area (Å²) >= 11 is 0. The first-order valence-electron chi connectivity index (χ1n) is 44.3. The fourth-order valence-electron chi connectivity index (χ4n) is 13.4. The largest absolute Gasteiger partial charge is 0.508 e. The number of benzene rings is 2. The molecule has 0 bridgehead atoms. The highest BCUT2D eigenvalue weighted by Gasteiger charge is 2.46. The molecule has 0 radical (unpaired) electrons. The number of H-pyrrole nitrogens is 1. The number of ether oxygens (including phenoxy) is 3. The second-order valence-corrected chi connectivity index (χ2v) is 37.3. The van der Waals surface area contributed by atoms with Gasteiger partial charge in [-0.15, -0.1) is 0 Å². The van der Waals surface area contributed by atoms with E-state index in [1.807, 2.05) is 13.8 Å². The summed E-state index contributed by atoms with van der Waals surface area (Å²) in [4.78, 5) is 244. The van der Waals surface area contributed by atoms with Crippen LogP contribution in [0.15, 0.2) is 78.0 Å². The third-order valence-electron chi connectivity index (χ3n) is 20.6. The quantitative estimate of drug-likeness (QED) is 0.0103. The maximum absolute atomic E-state index is 14.3. The zero-order chi connectivity index (χ0) is 99.7. The molecule has 2 aromatic carbocycles. The zero-order valence-corrected chi connectivity index (χ0v) is 78.9. The number of aromatic amines is 1. The number of carboxylic acids is 3. The molecular formula is C85H118BN19O28S4. The minimum Gasteiger partial charge on any atom is -0.481 e. The van der Waals surface area contributed by atoms with Crippen LogP contribution in [0.1, 0.15) is 161 Å². The second kappa shape index (κ2) is 60.6. The molecule has 2 aliphatic rings. The first kappa shape index (κ1) is 112. The predicted molar refractivity (Wildman–Crippen MR) is 501 cm³/mol. The molecule has 5 aromatic rings. The van der Waals surface area contributed by atoms with Crippen molar-refractivity contribution in [3.8, 4) is 0 Å². The minimum absolute atomic E-state index is 0.00302. The van der Waals surface area contributed by atoms with Crippen LogP contribution in [0.5, 0.6) is 0 Å². The Kier molecular flexibility index (Phi) is 49.6. The van der Waals surface area contributed by atoms with Crippen molar-refractivity contribution < 1.29 is 131 Å². The van der Waals surface area contributed by atoms with Crippen LogP contribution in [0.3, 0.4) is 0 Å². The predicted octanol–water partition coefficient (Wildman–Crippen LogP) is -0.314. The summed E-state index contributed by atoms with van der Waals surface area (Å²) in [5.74, 6) is -16.2. The van der Waals surface area contributed by atoms with Crippen molar-refractivity contribution in [2.24, 2.45) is 11.8 Å². The van der Waals surface area contributed by atoms with Crippen molar-refractivity contribution >= 4 is 168 Å². The Bertz CT molecular complexity index is 4910. The van der Waals surface area contributed by atoms with Crippen LogP contribution >= 0.6 is 43.2 Å². The van der Waals surface area contributed by atoms with Crippen LogP contribution in [0, 0.1) is 11.8 Å². The summed E-state index contributed by atoms with van der Waals surface area (Å²) in [6, 6.07) is 8.95. The lowest BCUT2D eigenvalue weighted by atomic mass is 9.74. The van der Waals surface area contributed by atoms with E-state index in [9.17, 15) is 112 Å². The highest BCUT2D eigenvalue weighted by Crippen LogP contribution is 2.28. The second-order valence-electron chi connectivity index (χ2n) is 32.1. The molecule has 0 unspecified atom stereocenters. The number of hydrogen-bond acceptors (Lipinski definition) is 36. The number of aromatic nitrogens is 6. The summed E-state index contributed by atoms with van der Waals surface area (Å²) < 4.78 is 27.9. The maximum atomic E-state index is 14.3. The molecule has 3 aromatic heterocycles. The van der Waals surface area contributed by atoms with Crippen molar-refractivity contribution in [3.05, 3.63) is 112 Å². The van der Waals surface area contributed by atoms with Crippen LogP contribution in [0.4, 0.5) is 16.4 Å². The van der Waals surface area contributed by atoms with Gasteiger partial charge in [0.1, 0.15) is 55.3 Å². The van der Waals surface area contributed by atoms with Gasteiger partial charge in [0.25, 0.3) is 17.4 Å². The Morgan fingerprint density at radius 3 is 1.92 bits per heavy atom. The van der Waals surface area contributed by atoms with Crippen LogP contribution in [-0.4, -0.2) is 306 Å². The van der Waals surface area contributed by atoms with E-state index in [4.69, 9.17) is 29.3 Å². The fraction of sp³-hybridized carbons (Fsp3) is 0.553. The molecule has 10 atom stereocenters. The molecule has 0 spiro atoms. The molecule has 1 aliphatic heterocycles. The van der Waals surface area contributed by atoms with E-state index in [2.05, 4.69) is 93.7 Å². The van der Waals surface area contributed by atoms with E-state index in [-0.39, 0.29) is 142 Å². The standard InChI is InChI=1S/C85H118BN19O28S4/c1-4-12-65(108)93-42-62(107)73(117)74(118)63-45-132-86(133-63)64(33-48(2)3)103-80(123)59(34-49-13-7-5-8-14-49)101-81(124)60-41-90-54(39-91-60)46-136-137-47-61(83(126)127)102-77(120)51(36-92-67(110)26-31-134-135-32-30-131-85(128)130-29-28-129-56-15-9-6-10-16-56)35-55(106)40-96-78(121)57(22-24-70(113)114)100-69(112)44-97-79(122)58(23-25-71(115)116)99-68(111)43-94-66(109)17-11-27-88-76(119)50-18-20-52(21-19-50)89-37-53-38-95-75-72(98-53)82(125)105-84(87)104-75/h5,7-8,13-14,18-21,38-39,41,48,51,56-59,61-64,73-74,89,107,117-118H,4,6,9-12,15-17,22-37,40,42-47H2,1-3H3,(H,88,119)(H,92,110)(H,93,108)(H,94,109)(H,96,121)(H,97,122)(H,99,111)(H,100,112)(H,101,124)(H,102,120)(H,103,123)(H,113,114)(H,115,116)(H,126,127)(H3,87,95,104,105,125)/t51-,57-,58-,59-,61-,62-,63+,64-,73+,74+/m0/s1. The van der Waals surface area contributed by atoms with Gasteiger partial charge in [-0.25, -0.2) is 24.5 Å². The van der Waals surface area contributed by atoms with Crippen LogP contribution in [-0.2, 0) is 105 Å². The number of aliphatic carboxylic acids is 3. The molecule has 1 aliphatic carbocycles. The van der Waals surface area contributed by atoms with Gasteiger partial charge in [0, 0.05) is 98.8 Å². The number of Topliss-reactive ketones (excluding diaryl/α,β-unsaturated/α-hetero) is 1. The van der Waals surface area contributed by atoms with Crippen molar-refractivity contribution in [3.63, 3.8) is 0 Å². The van der Waals surface area contributed by atoms with Gasteiger partial charge in [-0.1, -0.05) is 114 Å². The van der Waals surface area contributed by atoms with Crippen molar-refractivity contribution in [2.45, 2.75) is 203 Å². The topological polar surface area (TPSA) is 708 Å². The van der Waals surface area contributed by atoms with Crippen molar-refractivity contribution in [1.82, 2.24) is 88.4 Å². The molecule has 1 saturated carbocycles. The first-order valence-corrected chi connectivity index (χ1v) is 49.3. The average Bonchev–Trinajstić information content (AvgIpc) is 1.56. The molecule has 137 heavy (non-hydrogen) atoms. The fourth-order valence-corrected chi connectivity index (χ4v) is 17.3. The molecule has 4 heterocycles. The number of amides is 11. The van der Waals surface area contributed by atoms with E-state index in [0.29, 0.717) is 41.2 Å². The molecule has 21 N–H and O–H groups in total. The Hall–Kier alpha value is -11.9. The molecule has 7 rings (SSSR count). The van der Waals surface area contributed by atoms with Crippen molar-refractivity contribution in [2.75, 3.05) is 94.0 Å². The number of ketones is 1. The Labute approximate surface area is 803 Å². The number of fused-ring (bicyclic) bond motifs is 1. The van der Waals surface area contributed by atoms with Gasteiger partial charge in [-0.05, 0) is 80.7 Å². The number of nitrogens with zero attached hydrogens (tertiary/aromatic N) is 5. The summed E-state index contributed by atoms with van der Waals surface area (Å²) in [5, 5.41) is 92.0. The lowest BCUT2D eigenvalue weighted by molar-refractivity contribution is -0.142. The van der Waals surface area contributed by atoms with Gasteiger partial charge >= 0.3 is 31.2 Å². The molecule has 1 saturated heterocycles. The van der Waals surface area contributed by atoms with Crippen LogP contribution in [0.25, 0.3) is 11.2 Å². The lowest BCUT2D eigenvalue weighted by Gasteiger charge is -2.28. The number of anilines is 2. The van der Waals surface area contributed by atoms with Gasteiger partial charge in [-0.3, -0.25) is 81.9 Å². The summed E-state index contributed by atoms with van der Waals surface area (Å²) in [6.07, 6.45) is -0.118. The van der Waals surface area contributed by atoms with E-state index < -0.39 is 220 Å².